The fourth-order valence-electron chi connectivity index (χ4n) is 2.27. The highest BCUT2D eigenvalue weighted by Crippen LogP contribution is 2.23. The lowest BCUT2D eigenvalue weighted by Crippen LogP contribution is -2.31. The van der Waals surface area contributed by atoms with Gasteiger partial charge in [-0.1, -0.05) is 0 Å². The minimum absolute atomic E-state index is 0.238. The predicted molar refractivity (Wildman–Crippen MR) is 69.7 cm³/mol. The molecule has 0 spiro atoms. The Kier molecular flexibility index (Phi) is 5.26. The first-order chi connectivity index (χ1) is 9.15. The third-order valence-corrected chi connectivity index (χ3v) is 4.53. The van der Waals surface area contributed by atoms with Crippen LogP contribution in [0.25, 0.3) is 0 Å². The van der Waals surface area contributed by atoms with E-state index in [1.165, 1.54) is 0 Å². The molecule has 0 radical (unpaired) electrons. The van der Waals surface area contributed by atoms with Gasteiger partial charge in [-0.15, -0.1) is 11.8 Å². The summed E-state index contributed by atoms with van der Waals surface area (Å²) in [5, 5.41) is 14.0. The lowest BCUT2D eigenvalue weighted by molar-refractivity contribution is -0.527. The van der Waals surface area contributed by atoms with Gasteiger partial charge in [0, 0.05) is 30.2 Å². The summed E-state index contributed by atoms with van der Waals surface area (Å²) in [5.41, 5.74) is 0. The lowest BCUT2D eigenvalue weighted by atomic mass is 9.93. The van der Waals surface area contributed by atoms with Gasteiger partial charge in [-0.3, -0.25) is 10.1 Å². The summed E-state index contributed by atoms with van der Waals surface area (Å²) in [6.45, 7) is 1.19. The zero-order valence-corrected chi connectivity index (χ0v) is 11.4. The van der Waals surface area contributed by atoms with Gasteiger partial charge >= 0.3 is 6.16 Å². The standard InChI is InChI=1S/C11H18N2O5S/c14-11(17-6-10-5-12-7-19-10)18-9-3-1-8(2-4-9)13(15)16/h8-10,12H,1-7H2. The van der Waals surface area contributed by atoms with Gasteiger partial charge < -0.3 is 14.8 Å². The molecule has 0 aromatic heterocycles. The average Bonchev–Trinajstić information content (AvgIpc) is 2.90. The highest BCUT2D eigenvalue weighted by Gasteiger charge is 2.30. The Morgan fingerprint density at radius 2 is 2.11 bits per heavy atom. The summed E-state index contributed by atoms with van der Waals surface area (Å²) in [4.78, 5) is 21.8. The Morgan fingerprint density at radius 3 is 2.68 bits per heavy atom. The van der Waals surface area contributed by atoms with E-state index in [1.54, 1.807) is 11.8 Å². The van der Waals surface area contributed by atoms with Crippen LogP contribution in [0.2, 0.25) is 0 Å². The minimum atomic E-state index is -0.656. The summed E-state index contributed by atoms with van der Waals surface area (Å²) in [6.07, 6.45) is 1.12. The van der Waals surface area contributed by atoms with Crippen LogP contribution in [-0.2, 0) is 9.47 Å². The zero-order valence-electron chi connectivity index (χ0n) is 10.6. The monoisotopic (exact) mass is 290 g/mol. The molecule has 2 fully saturated rings. The molecule has 108 valence electrons. The van der Waals surface area contributed by atoms with Gasteiger partial charge in [-0.25, -0.2) is 4.79 Å². The van der Waals surface area contributed by atoms with Crippen molar-refractivity contribution in [1.82, 2.24) is 5.32 Å². The topological polar surface area (TPSA) is 90.7 Å². The number of carbonyl (C=O) groups is 1. The molecule has 1 saturated heterocycles. The lowest BCUT2D eigenvalue weighted by Gasteiger charge is -2.23. The highest BCUT2D eigenvalue weighted by atomic mass is 32.2. The number of rotatable bonds is 4. The van der Waals surface area contributed by atoms with E-state index in [4.69, 9.17) is 9.47 Å². The van der Waals surface area contributed by atoms with Crippen LogP contribution >= 0.6 is 11.8 Å². The first-order valence-corrected chi connectivity index (χ1v) is 7.49. The van der Waals surface area contributed by atoms with Gasteiger partial charge in [-0.05, 0) is 12.8 Å². The van der Waals surface area contributed by atoms with Crippen LogP contribution in [0, 0.1) is 10.1 Å². The van der Waals surface area contributed by atoms with Gasteiger partial charge in [0.05, 0.1) is 5.25 Å². The number of carbonyl (C=O) groups excluding carboxylic acids is 1. The number of nitrogens with zero attached hydrogens (tertiary/aromatic N) is 1. The van der Waals surface area contributed by atoms with E-state index in [1.807, 2.05) is 0 Å². The first kappa shape index (κ1) is 14.4. The minimum Gasteiger partial charge on any atom is -0.433 e. The van der Waals surface area contributed by atoms with Crippen molar-refractivity contribution in [2.75, 3.05) is 19.0 Å². The number of nitrogens with one attached hydrogen (secondary N) is 1. The van der Waals surface area contributed by atoms with Crippen LogP contribution < -0.4 is 5.32 Å². The van der Waals surface area contributed by atoms with E-state index in [2.05, 4.69) is 5.32 Å². The fraction of sp³-hybridized carbons (Fsp3) is 0.909. The summed E-state index contributed by atoms with van der Waals surface area (Å²) in [6, 6.07) is -0.489. The van der Waals surface area contributed by atoms with E-state index in [0.29, 0.717) is 32.3 Å². The molecule has 0 amide bonds. The third kappa shape index (κ3) is 4.54. The van der Waals surface area contributed by atoms with Crippen LogP contribution in [0.4, 0.5) is 4.79 Å². The van der Waals surface area contributed by atoms with E-state index >= 15 is 0 Å². The van der Waals surface area contributed by atoms with Crippen LogP contribution in [-0.4, -0.2) is 47.5 Å². The highest BCUT2D eigenvalue weighted by molar-refractivity contribution is 8.00. The maximum absolute atomic E-state index is 11.5. The molecule has 1 N–H and O–H groups in total. The second-order valence-electron chi connectivity index (χ2n) is 4.78. The van der Waals surface area contributed by atoms with E-state index in [9.17, 15) is 14.9 Å². The number of ether oxygens (including phenoxy) is 2. The van der Waals surface area contributed by atoms with Crippen molar-refractivity contribution in [3.05, 3.63) is 10.1 Å². The zero-order chi connectivity index (χ0) is 13.7. The summed E-state index contributed by atoms with van der Waals surface area (Å²) in [7, 11) is 0. The van der Waals surface area contributed by atoms with E-state index in [-0.39, 0.29) is 16.3 Å². The summed E-state index contributed by atoms with van der Waals surface area (Å²) in [5.74, 6) is 0.883. The average molecular weight is 290 g/mol. The molecule has 1 unspecified atom stereocenters. The SMILES string of the molecule is O=C(OCC1CNCS1)OC1CCC([N+](=O)[O-])CC1. The van der Waals surface area contributed by atoms with Crippen molar-refractivity contribution < 1.29 is 19.2 Å². The van der Waals surface area contributed by atoms with Crippen molar-refractivity contribution in [1.29, 1.82) is 0 Å². The molecule has 19 heavy (non-hydrogen) atoms. The Hall–Kier alpha value is -1.02. The molecule has 2 aliphatic rings. The fourth-order valence-corrected chi connectivity index (χ4v) is 3.14. The maximum atomic E-state index is 11.5. The van der Waals surface area contributed by atoms with Gasteiger partial charge in [-0.2, -0.15) is 0 Å². The smallest absolute Gasteiger partial charge is 0.433 e. The molecule has 0 bridgehead atoms. The first-order valence-electron chi connectivity index (χ1n) is 6.44. The summed E-state index contributed by atoms with van der Waals surface area (Å²) < 4.78 is 10.2. The molecular formula is C11H18N2O5S. The van der Waals surface area contributed by atoms with Crippen molar-refractivity contribution in [2.45, 2.75) is 43.1 Å². The Morgan fingerprint density at radius 1 is 1.37 bits per heavy atom. The van der Waals surface area contributed by atoms with Gasteiger partial charge in [0.15, 0.2) is 0 Å². The molecule has 2 rings (SSSR count). The number of thioether (sulfide) groups is 1. The van der Waals surface area contributed by atoms with Crippen molar-refractivity contribution in [2.24, 2.45) is 0 Å². The van der Waals surface area contributed by atoms with E-state index in [0.717, 1.165) is 12.4 Å². The number of nitro groups is 1. The van der Waals surface area contributed by atoms with Gasteiger partial charge in [0.1, 0.15) is 12.7 Å². The predicted octanol–water partition coefficient (Wildman–Crippen LogP) is 1.39. The summed E-state index contributed by atoms with van der Waals surface area (Å²) >= 11 is 1.72. The Labute approximate surface area is 115 Å². The molecular weight excluding hydrogens is 272 g/mol. The van der Waals surface area contributed by atoms with Crippen LogP contribution in [0.5, 0.6) is 0 Å². The van der Waals surface area contributed by atoms with Crippen molar-refractivity contribution in [3.8, 4) is 0 Å². The molecule has 1 atom stereocenters. The molecule has 0 aromatic rings. The molecule has 7 nitrogen and oxygen atoms in total. The van der Waals surface area contributed by atoms with Crippen LogP contribution in [0.15, 0.2) is 0 Å². The molecule has 1 aliphatic carbocycles. The molecule has 1 saturated carbocycles. The molecule has 1 aliphatic heterocycles. The second kappa shape index (κ2) is 6.95. The Balaban J connectivity index is 1.61. The van der Waals surface area contributed by atoms with E-state index < -0.39 is 12.2 Å². The molecule has 1 heterocycles. The number of hydrogen-bond acceptors (Lipinski definition) is 7. The maximum Gasteiger partial charge on any atom is 0.508 e. The largest absolute Gasteiger partial charge is 0.508 e. The van der Waals surface area contributed by atoms with Crippen LogP contribution in [0.3, 0.4) is 0 Å². The van der Waals surface area contributed by atoms with Gasteiger partial charge in [0.25, 0.3) is 0 Å². The number of hydrogen-bond donors (Lipinski definition) is 1. The van der Waals surface area contributed by atoms with Crippen molar-refractivity contribution >= 4 is 17.9 Å². The van der Waals surface area contributed by atoms with Crippen LogP contribution in [0.1, 0.15) is 25.7 Å². The Bertz CT molecular complexity index is 327. The normalized spacial score (nSPS) is 30.8. The second-order valence-corrected chi connectivity index (χ2v) is 6.07. The third-order valence-electron chi connectivity index (χ3n) is 3.38. The van der Waals surface area contributed by atoms with Gasteiger partial charge in [0.2, 0.25) is 6.04 Å². The van der Waals surface area contributed by atoms with Crippen molar-refractivity contribution in [3.63, 3.8) is 0 Å². The molecule has 8 heteroatoms. The molecule has 0 aromatic carbocycles. The quantitative estimate of drug-likeness (QED) is 0.475.